The van der Waals surface area contributed by atoms with Crippen LogP contribution in [0.2, 0.25) is 0 Å². The fourth-order valence-electron chi connectivity index (χ4n) is 3.11. The molecule has 0 aliphatic rings. The average Bonchev–Trinajstić information content (AvgIpc) is 3.26. The molecule has 0 unspecified atom stereocenters. The van der Waals surface area contributed by atoms with E-state index in [1.807, 2.05) is 68.9 Å². The molecule has 0 atom stereocenters. The number of rotatable bonds is 3. The highest BCUT2D eigenvalue weighted by molar-refractivity contribution is 6.09. The lowest BCUT2D eigenvalue weighted by molar-refractivity contribution is 0.102. The van der Waals surface area contributed by atoms with Crippen molar-refractivity contribution in [2.75, 3.05) is 5.32 Å². The van der Waals surface area contributed by atoms with Crippen LogP contribution in [0, 0.1) is 6.92 Å². The minimum atomic E-state index is -0.300. The predicted octanol–water partition coefficient (Wildman–Crippen LogP) is 3.91. The van der Waals surface area contributed by atoms with Crippen LogP contribution in [0.1, 0.15) is 36.7 Å². The molecule has 3 heterocycles. The van der Waals surface area contributed by atoms with Gasteiger partial charge in [0.25, 0.3) is 5.91 Å². The van der Waals surface area contributed by atoms with Gasteiger partial charge in [-0.15, -0.1) is 0 Å². The molecule has 7 nitrogen and oxygen atoms in total. The molecule has 4 aromatic rings. The summed E-state index contributed by atoms with van der Waals surface area (Å²) in [6, 6.07) is 9.89. The largest absolute Gasteiger partial charge is 0.306 e. The lowest BCUT2D eigenvalue weighted by Crippen LogP contribution is -2.27. The van der Waals surface area contributed by atoms with Crippen molar-refractivity contribution in [1.82, 2.24) is 24.4 Å². The highest BCUT2D eigenvalue weighted by Gasteiger charge is 2.24. The number of aryl methyl sites for hydroxylation is 1. The summed E-state index contributed by atoms with van der Waals surface area (Å²) < 4.78 is 3.44. The number of benzene rings is 1. The molecule has 4 rings (SSSR count). The molecule has 3 aromatic heterocycles. The van der Waals surface area contributed by atoms with Gasteiger partial charge in [-0.25, -0.2) is 14.2 Å². The minimum absolute atomic E-state index is 0.269. The minimum Gasteiger partial charge on any atom is -0.306 e. The number of carbonyl (C=O) groups excluding carboxylic acids is 1. The van der Waals surface area contributed by atoms with Crippen molar-refractivity contribution in [2.45, 2.75) is 33.2 Å². The summed E-state index contributed by atoms with van der Waals surface area (Å²) in [5.41, 5.74) is 3.46. The molecule has 0 saturated heterocycles. The topological polar surface area (TPSA) is 77.1 Å². The molecule has 0 radical (unpaired) electrons. The van der Waals surface area contributed by atoms with Gasteiger partial charge in [-0.2, -0.15) is 10.2 Å². The first-order valence-electron chi connectivity index (χ1n) is 9.10. The van der Waals surface area contributed by atoms with Crippen LogP contribution < -0.4 is 5.32 Å². The van der Waals surface area contributed by atoms with Crippen molar-refractivity contribution in [3.05, 3.63) is 66.2 Å². The van der Waals surface area contributed by atoms with Gasteiger partial charge in [-0.3, -0.25) is 4.79 Å². The number of amides is 1. The van der Waals surface area contributed by atoms with E-state index in [4.69, 9.17) is 0 Å². The molecule has 0 fully saturated rings. The van der Waals surface area contributed by atoms with Crippen LogP contribution in [0.3, 0.4) is 0 Å². The van der Waals surface area contributed by atoms with Crippen molar-refractivity contribution in [1.29, 1.82) is 0 Å². The Morgan fingerprint density at radius 1 is 1.04 bits per heavy atom. The maximum absolute atomic E-state index is 13.1. The van der Waals surface area contributed by atoms with Gasteiger partial charge in [0.15, 0.2) is 5.65 Å². The van der Waals surface area contributed by atoms with Gasteiger partial charge in [0, 0.05) is 18.0 Å². The third-order valence-electron chi connectivity index (χ3n) is 4.45. The normalized spacial score (nSPS) is 11.7. The Labute approximate surface area is 163 Å². The number of fused-ring (bicyclic) bond motifs is 1. The average molecular weight is 374 g/mol. The van der Waals surface area contributed by atoms with E-state index in [1.54, 1.807) is 16.9 Å². The first kappa shape index (κ1) is 17.9. The van der Waals surface area contributed by atoms with Crippen LogP contribution in [-0.2, 0) is 5.54 Å². The lowest BCUT2D eigenvalue weighted by Gasteiger charge is -2.23. The van der Waals surface area contributed by atoms with Crippen molar-refractivity contribution >= 4 is 17.4 Å². The fraction of sp³-hybridized carbons (Fsp3) is 0.238. The van der Waals surface area contributed by atoms with E-state index in [9.17, 15) is 4.79 Å². The van der Waals surface area contributed by atoms with Crippen LogP contribution in [0.25, 0.3) is 16.8 Å². The highest BCUT2D eigenvalue weighted by atomic mass is 16.1. The number of aromatic nitrogens is 5. The summed E-state index contributed by atoms with van der Waals surface area (Å²) in [7, 11) is 0. The monoisotopic (exact) mass is 374 g/mol. The highest BCUT2D eigenvalue weighted by Crippen LogP contribution is 2.32. The fourth-order valence-corrected chi connectivity index (χ4v) is 3.11. The zero-order valence-electron chi connectivity index (χ0n) is 16.3. The summed E-state index contributed by atoms with van der Waals surface area (Å²) >= 11 is 0. The number of carbonyl (C=O) groups is 1. The van der Waals surface area contributed by atoms with E-state index < -0.39 is 0 Å². The van der Waals surface area contributed by atoms with Crippen molar-refractivity contribution in [3.63, 3.8) is 0 Å². The molecule has 1 N–H and O–H groups in total. The van der Waals surface area contributed by atoms with Gasteiger partial charge < -0.3 is 5.32 Å². The Hall–Kier alpha value is -3.48. The molecule has 142 valence electrons. The van der Waals surface area contributed by atoms with Crippen molar-refractivity contribution in [2.24, 2.45) is 0 Å². The van der Waals surface area contributed by atoms with Crippen LogP contribution in [0.4, 0.5) is 5.82 Å². The summed E-state index contributed by atoms with van der Waals surface area (Å²) in [4.78, 5) is 17.4. The van der Waals surface area contributed by atoms with E-state index >= 15 is 0 Å². The Morgan fingerprint density at radius 2 is 1.79 bits per heavy atom. The van der Waals surface area contributed by atoms with E-state index in [1.165, 1.54) is 6.20 Å². The lowest BCUT2D eigenvalue weighted by atomic mass is 10.1. The number of hydrogen-bond acceptors (Lipinski definition) is 4. The van der Waals surface area contributed by atoms with E-state index in [0.717, 1.165) is 16.7 Å². The van der Waals surface area contributed by atoms with Gasteiger partial charge in [0.1, 0.15) is 11.4 Å². The second-order valence-electron chi connectivity index (χ2n) is 7.77. The van der Waals surface area contributed by atoms with E-state index in [0.29, 0.717) is 17.0 Å². The summed E-state index contributed by atoms with van der Waals surface area (Å²) in [5.74, 6) is 0.379. The van der Waals surface area contributed by atoms with Gasteiger partial charge >= 0.3 is 0 Å². The smallest absolute Gasteiger partial charge is 0.262 e. The van der Waals surface area contributed by atoms with Crippen LogP contribution in [-0.4, -0.2) is 30.3 Å². The molecule has 0 aliphatic heterocycles. The molecular formula is C21H22N6O. The molecule has 0 spiro atoms. The quantitative estimate of drug-likeness (QED) is 0.590. The van der Waals surface area contributed by atoms with Gasteiger partial charge in [-0.05, 0) is 38.8 Å². The second kappa shape index (κ2) is 6.60. The van der Waals surface area contributed by atoms with Gasteiger partial charge in [0.2, 0.25) is 0 Å². The second-order valence-corrected chi connectivity index (χ2v) is 7.77. The molecular weight excluding hydrogens is 352 g/mol. The number of nitrogens with zero attached hydrogens (tertiary/aromatic N) is 5. The number of hydrogen-bond donors (Lipinski definition) is 1. The third kappa shape index (κ3) is 3.15. The Morgan fingerprint density at radius 3 is 2.50 bits per heavy atom. The molecule has 1 amide bonds. The maximum atomic E-state index is 13.1. The van der Waals surface area contributed by atoms with Crippen LogP contribution >= 0.6 is 0 Å². The van der Waals surface area contributed by atoms with Crippen LogP contribution in [0.15, 0.2) is 55.1 Å². The molecule has 28 heavy (non-hydrogen) atoms. The first-order chi connectivity index (χ1) is 13.3. The van der Waals surface area contributed by atoms with E-state index in [2.05, 4.69) is 20.5 Å². The summed E-state index contributed by atoms with van der Waals surface area (Å²) in [5, 5.41) is 11.8. The Balaban J connectivity index is 1.77. The van der Waals surface area contributed by atoms with E-state index in [-0.39, 0.29) is 11.4 Å². The number of nitrogens with one attached hydrogen (secondary N) is 1. The van der Waals surface area contributed by atoms with Crippen molar-refractivity contribution in [3.8, 4) is 11.1 Å². The predicted molar refractivity (Wildman–Crippen MR) is 108 cm³/mol. The molecule has 7 heteroatoms. The molecule has 0 aliphatic carbocycles. The summed E-state index contributed by atoms with van der Waals surface area (Å²) in [6.07, 6.45) is 6.89. The SMILES string of the molecule is Cc1cnc2c(C(=O)Nc3c(-c4ccccc4)cnn3C(C)(C)C)cnn2c1. The Bertz CT molecular complexity index is 1150. The third-order valence-corrected chi connectivity index (χ3v) is 4.45. The van der Waals surface area contributed by atoms with Crippen LogP contribution in [0.5, 0.6) is 0 Å². The Kier molecular flexibility index (Phi) is 4.22. The first-order valence-corrected chi connectivity index (χ1v) is 9.10. The molecule has 0 saturated carbocycles. The standard InChI is InChI=1S/C21H22N6O/c1-14-10-22-18-17(12-23-26(18)13-14)20(28)25-19-16(15-8-6-5-7-9-15)11-24-27(19)21(2,3)4/h5-13H,1-4H3,(H,25,28). The molecule has 1 aromatic carbocycles. The van der Waals surface area contributed by atoms with Crippen molar-refractivity contribution < 1.29 is 4.79 Å². The van der Waals surface area contributed by atoms with Gasteiger partial charge in [-0.1, -0.05) is 30.3 Å². The maximum Gasteiger partial charge on any atom is 0.262 e. The zero-order chi connectivity index (χ0) is 19.9. The summed E-state index contributed by atoms with van der Waals surface area (Å²) in [6.45, 7) is 8.07. The zero-order valence-corrected chi connectivity index (χ0v) is 16.3. The molecule has 0 bridgehead atoms. The van der Waals surface area contributed by atoms with Gasteiger partial charge in [0.05, 0.1) is 17.9 Å². The number of anilines is 1.